The molecule has 35 heavy (non-hydrogen) atoms. The van der Waals surface area contributed by atoms with Crippen LogP contribution < -0.4 is 10.1 Å². The Labute approximate surface area is 203 Å². The third-order valence-electron chi connectivity index (χ3n) is 5.40. The van der Waals surface area contributed by atoms with E-state index in [4.69, 9.17) is 9.47 Å². The van der Waals surface area contributed by atoms with Crippen LogP contribution in [0.5, 0.6) is 5.75 Å². The number of carbonyl (C=O) groups excluding carboxylic acids is 2. The van der Waals surface area contributed by atoms with Crippen LogP contribution in [-0.2, 0) is 16.1 Å². The molecule has 0 bridgehead atoms. The van der Waals surface area contributed by atoms with E-state index >= 15 is 0 Å². The molecule has 0 saturated heterocycles. The molecule has 1 amide bonds. The number of esters is 1. The Morgan fingerprint density at radius 2 is 1.63 bits per heavy atom. The van der Waals surface area contributed by atoms with E-state index in [1.165, 1.54) is 19.3 Å². The lowest BCUT2D eigenvalue weighted by atomic mass is 10.0. The van der Waals surface area contributed by atoms with Crippen molar-refractivity contribution >= 4 is 34.4 Å². The number of anilines is 1. The van der Waals surface area contributed by atoms with E-state index in [0.717, 1.165) is 16.3 Å². The molecule has 0 fully saturated rings. The zero-order valence-electron chi connectivity index (χ0n) is 19.0. The average Bonchev–Trinajstić information content (AvgIpc) is 2.91. The van der Waals surface area contributed by atoms with Crippen molar-refractivity contribution in [3.8, 4) is 11.8 Å². The van der Waals surface area contributed by atoms with Crippen molar-refractivity contribution < 1.29 is 19.1 Å². The van der Waals surface area contributed by atoms with E-state index in [1.807, 2.05) is 72.8 Å². The van der Waals surface area contributed by atoms with Gasteiger partial charge in [0.25, 0.3) is 5.91 Å². The second-order valence-electron chi connectivity index (χ2n) is 7.63. The molecule has 0 atom stereocenters. The van der Waals surface area contributed by atoms with Crippen LogP contribution in [0.2, 0.25) is 0 Å². The number of nitrogens with one attached hydrogen (secondary N) is 1. The van der Waals surface area contributed by atoms with Crippen molar-refractivity contribution in [2.24, 2.45) is 0 Å². The first kappa shape index (κ1) is 23.3. The van der Waals surface area contributed by atoms with Gasteiger partial charge in [0.2, 0.25) is 0 Å². The van der Waals surface area contributed by atoms with Gasteiger partial charge in [0.15, 0.2) is 0 Å². The normalized spacial score (nSPS) is 10.9. The lowest BCUT2D eigenvalue weighted by Crippen LogP contribution is -2.16. The van der Waals surface area contributed by atoms with Crippen LogP contribution in [-0.4, -0.2) is 19.0 Å². The van der Waals surface area contributed by atoms with Gasteiger partial charge in [-0.15, -0.1) is 0 Å². The molecule has 0 unspecified atom stereocenters. The predicted molar refractivity (Wildman–Crippen MR) is 135 cm³/mol. The molecule has 1 N–H and O–H groups in total. The minimum atomic E-state index is -0.647. The number of ether oxygens (including phenoxy) is 2. The summed E-state index contributed by atoms with van der Waals surface area (Å²) in [6.07, 6.45) is 1.51. The number of amides is 1. The largest absolute Gasteiger partial charge is 0.488 e. The number of hydrogen-bond acceptors (Lipinski definition) is 5. The number of rotatable bonds is 7. The maximum Gasteiger partial charge on any atom is 0.339 e. The molecule has 6 nitrogen and oxygen atoms in total. The lowest BCUT2D eigenvalue weighted by molar-refractivity contribution is -0.112. The van der Waals surface area contributed by atoms with Crippen LogP contribution in [0.1, 0.15) is 21.5 Å². The highest BCUT2D eigenvalue weighted by atomic mass is 16.5. The Balaban J connectivity index is 1.71. The number of nitrogens with zero attached hydrogens (tertiary/aromatic N) is 1. The fourth-order valence-electron chi connectivity index (χ4n) is 3.65. The fourth-order valence-corrected chi connectivity index (χ4v) is 3.65. The maximum absolute atomic E-state index is 13.0. The van der Waals surface area contributed by atoms with Gasteiger partial charge in [-0.25, -0.2) is 4.79 Å². The second-order valence-corrected chi connectivity index (χ2v) is 7.63. The lowest BCUT2D eigenvalue weighted by Gasteiger charge is -2.13. The quantitative estimate of drug-likeness (QED) is 0.215. The SMILES string of the molecule is COC(=O)c1ccccc1NC(=O)/C(C#N)=C/c1c(OCc2ccccc2)ccc2ccccc12. The molecule has 6 heteroatoms. The highest BCUT2D eigenvalue weighted by molar-refractivity contribution is 6.13. The van der Waals surface area contributed by atoms with E-state index in [1.54, 1.807) is 18.2 Å². The van der Waals surface area contributed by atoms with Gasteiger partial charge in [-0.3, -0.25) is 4.79 Å². The summed E-state index contributed by atoms with van der Waals surface area (Å²) in [7, 11) is 1.26. The standard InChI is InChI=1S/C29H22N2O4/c1-34-29(33)24-13-7-8-14-26(24)31-28(32)22(18-30)17-25-23-12-6-5-11-21(23)15-16-27(25)35-19-20-9-3-2-4-10-20/h2-17H,19H2,1H3,(H,31,32)/b22-17+. The number of fused-ring (bicyclic) bond motifs is 1. The molecular formula is C29H22N2O4. The Kier molecular flexibility index (Phi) is 7.19. The summed E-state index contributed by atoms with van der Waals surface area (Å²) in [5, 5.41) is 14.3. The van der Waals surface area contributed by atoms with Gasteiger partial charge in [-0.2, -0.15) is 5.26 Å². The zero-order chi connectivity index (χ0) is 24.6. The molecule has 0 aliphatic carbocycles. The molecule has 4 aromatic carbocycles. The Morgan fingerprint density at radius 1 is 0.914 bits per heavy atom. The second kappa shape index (κ2) is 10.8. The summed E-state index contributed by atoms with van der Waals surface area (Å²) in [4.78, 5) is 25.1. The van der Waals surface area contributed by atoms with Gasteiger partial charge in [-0.05, 0) is 40.6 Å². The summed E-state index contributed by atoms with van der Waals surface area (Å²) >= 11 is 0. The average molecular weight is 463 g/mol. The van der Waals surface area contributed by atoms with Gasteiger partial charge < -0.3 is 14.8 Å². The molecule has 0 saturated carbocycles. The van der Waals surface area contributed by atoms with Gasteiger partial charge in [0, 0.05) is 5.56 Å². The molecule has 0 radical (unpaired) electrons. The zero-order valence-corrected chi connectivity index (χ0v) is 19.0. The molecule has 0 heterocycles. The molecule has 0 aliphatic rings. The van der Waals surface area contributed by atoms with Crippen LogP contribution in [0.4, 0.5) is 5.69 Å². The summed E-state index contributed by atoms with van der Waals surface area (Å²) in [5.41, 5.74) is 1.92. The molecule has 0 spiro atoms. The molecule has 172 valence electrons. The van der Waals surface area contributed by atoms with Crippen molar-refractivity contribution in [1.29, 1.82) is 5.26 Å². The van der Waals surface area contributed by atoms with E-state index in [9.17, 15) is 14.9 Å². The van der Waals surface area contributed by atoms with Crippen LogP contribution in [0.15, 0.2) is 96.6 Å². The molecule has 4 rings (SSSR count). The highest BCUT2D eigenvalue weighted by Gasteiger charge is 2.17. The van der Waals surface area contributed by atoms with Crippen LogP contribution >= 0.6 is 0 Å². The minimum absolute atomic E-state index is 0.134. The van der Waals surface area contributed by atoms with Crippen molar-refractivity contribution in [2.75, 3.05) is 12.4 Å². The number of benzene rings is 4. The van der Waals surface area contributed by atoms with Crippen LogP contribution in [0.3, 0.4) is 0 Å². The number of carbonyl (C=O) groups is 2. The number of hydrogen-bond donors (Lipinski definition) is 1. The van der Waals surface area contributed by atoms with Gasteiger partial charge >= 0.3 is 5.97 Å². The topological polar surface area (TPSA) is 88.4 Å². The summed E-state index contributed by atoms with van der Waals surface area (Å²) in [5.74, 6) is -0.692. The Bertz CT molecular complexity index is 1450. The summed E-state index contributed by atoms with van der Waals surface area (Å²) in [6.45, 7) is 0.334. The molecule has 0 aliphatic heterocycles. The molecule has 0 aromatic heterocycles. The fraction of sp³-hybridized carbons (Fsp3) is 0.0690. The van der Waals surface area contributed by atoms with Crippen molar-refractivity contribution in [1.82, 2.24) is 0 Å². The summed E-state index contributed by atoms with van der Waals surface area (Å²) < 4.78 is 10.9. The monoisotopic (exact) mass is 462 g/mol. The molecular weight excluding hydrogens is 440 g/mol. The van der Waals surface area contributed by atoms with Crippen LogP contribution in [0, 0.1) is 11.3 Å². The molecule has 4 aromatic rings. The van der Waals surface area contributed by atoms with Crippen molar-refractivity contribution in [3.63, 3.8) is 0 Å². The first-order valence-corrected chi connectivity index (χ1v) is 10.9. The van der Waals surface area contributed by atoms with E-state index < -0.39 is 11.9 Å². The third kappa shape index (κ3) is 5.37. The summed E-state index contributed by atoms with van der Waals surface area (Å²) in [6, 6.07) is 29.6. The Morgan fingerprint density at radius 3 is 2.40 bits per heavy atom. The smallest absolute Gasteiger partial charge is 0.339 e. The Hall–Kier alpha value is -4.89. The van der Waals surface area contributed by atoms with E-state index in [2.05, 4.69) is 5.32 Å². The van der Waals surface area contributed by atoms with E-state index in [-0.39, 0.29) is 16.8 Å². The van der Waals surface area contributed by atoms with E-state index in [0.29, 0.717) is 17.9 Å². The number of para-hydroxylation sites is 1. The maximum atomic E-state index is 13.0. The van der Waals surface area contributed by atoms with Gasteiger partial charge in [-0.1, -0.05) is 72.8 Å². The predicted octanol–water partition coefficient (Wildman–Crippen LogP) is 5.75. The van der Waals surface area contributed by atoms with Gasteiger partial charge in [0.1, 0.15) is 24.0 Å². The third-order valence-corrected chi connectivity index (χ3v) is 5.40. The first-order chi connectivity index (χ1) is 17.1. The first-order valence-electron chi connectivity index (χ1n) is 10.9. The van der Waals surface area contributed by atoms with Gasteiger partial charge in [0.05, 0.1) is 18.4 Å². The number of methoxy groups -OCH3 is 1. The van der Waals surface area contributed by atoms with Crippen molar-refractivity contribution in [2.45, 2.75) is 6.61 Å². The van der Waals surface area contributed by atoms with Crippen molar-refractivity contribution in [3.05, 3.63) is 113 Å². The van der Waals surface area contributed by atoms with Crippen LogP contribution in [0.25, 0.3) is 16.8 Å². The minimum Gasteiger partial charge on any atom is -0.488 e. The highest BCUT2D eigenvalue weighted by Crippen LogP contribution is 2.31. The number of nitriles is 1.